The average Bonchev–Trinajstić information content (AvgIpc) is 2.56. The van der Waals surface area contributed by atoms with Crippen LogP contribution in [0, 0.1) is 24.0 Å². The number of carbonyl (C=O) groups is 1. The first-order chi connectivity index (χ1) is 12.5. The summed E-state index contributed by atoms with van der Waals surface area (Å²) in [6.07, 6.45) is 1.51. The molecule has 1 amide bonds. The molecule has 27 heavy (non-hydrogen) atoms. The number of likely N-dealkylation sites (N-methyl/N-ethyl adjacent to an activating group) is 1. The van der Waals surface area contributed by atoms with E-state index in [2.05, 4.69) is 10.3 Å². The van der Waals surface area contributed by atoms with Crippen molar-refractivity contribution < 1.29 is 18.1 Å². The Hall–Kier alpha value is -2.56. The normalized spacial score (nSPS) is 11.4. The number of hydrogen-bond donors (Lipinski definition) is 1. The van der Waals surface area contributed by atoms with E-state index in [1.165, 1.54) is 20.2 Å². The van der Waals surface area contributed by atoms with Crippen molar-refractivity contribution in [2.75, 3.05) is 18.9 Å². The summed E-state index contributed by atoms with van der Waals surface area (Å²) in [6, 6.07) is 5.43. The molecule has 2 rings (SSSR count). The number of nitro benzene ring substituents is 1. The number of hydrogen-bond acceptors (Lipinski definition) is 6. The Balaban J connectivity index is 2.23. The fourth-order valence-electron chi connectivity index (χ4n) is 2.23. The fraction of sp³-hybridized carbons (Fsp3) is 0.250. The van der Waals surface area contributed by atoms with Crippen LogP contribution in [0.3, 0.4) is 0 Å². The van der Waals surface area contributed by atoms with Crippen molar-refractivity contribution >= 4 is 39.0 Å². The molecule has 144 valence electrons. The van der Waals surface area contributed by atoms with Crippen LogP contribution in [0.2, 0.25) is 5.02 Å². The second-order valence-corrected chi connectivity index (χ2v) is 8.29. The van der Waals surface area contributed by atoms with E-state index in [9.17, 15) is 23.3 Å². The summed E-state index contributed by atoms with van der Waals surface area (Å²) in [6.45, 7) is 2.74. The van der Waals surface area contributed by atoms with Gasteiger partial charge >= 0.3 is 0 Å². The summed E-state index contributed by atoms with van der Waals surface area (Å²) in [7, 11) is -2.97. The van der Waals surface area contributed by atoms with Crippen molar-refractivity contribution in [2.24, 2.45) is 0 Å². The molecule has 0 aliphatic heterocycles. The number of nitro groups is 1. The maximum atomic E-state index is 12.7. The Morgan fingerprint density at radius 1 is 1.33 bits per heavy atom. The van der Waals surface area contributed by atoms with E-state index in [1.807, 2.05) is 6.92 Å². The lowest BCUT2D eigenvalue weighted by Gasteiger charge is -2.17. The number of pyridine rings is 1. The van der Waals surface area contributed by atoms with E-state index in [1.54, 1.807) is 12.1 Å². The highest BCUT2D eigenvalue weighted by molar-refractivity contribution is 7.89. The summed E-state index contributed by atoms with van der Waals surface area (Å²) in [5.41, 5.74) is 0.623. The van der Waals surface area contributed by atoms with Gasteiger partial charge in [-0.2, -0.15) is 4.31 Å². The first-order valence-corrected chi connectivity index (χ1v) is 9.47. The predicted octanol–water partition coefficient (Wildman–Crippen LogP) is 2.52. The highest BCUT2D eigenvalue weighted by Gasteiger charge is 2.27. The van der Waals surface area contributed by atoms with Crippen molar-refractivity contribution in [3.05, 3.63) is 56.7 Å². The van der Waals surface area contributed by atoms with Gasteiger partial charge in [-0.05, 0) is 37.6 Å². The van der Waals surface area contributed by atoms with Gasteiger partial charge in [0.05, 0.1) is 21.4 Å². The van der Waals surface area contributed by atoms with Gasteiger partial charge < -0.3 is 5.32 Å². The molecule has 0 aliphatic carbocycles. The van der Waals surface area contributed by atoms with E-state index < -0.39 is 33.1 Å². The van der Waals surface area contributed by atoms with Crippen molar-refractivity contribution in [3.63, 3.8) is 0 Å². The van der Waals surface area contributed by atoms with Crippen LogP contribution in [0.15, 0.2) is 35.4 Å². The molecule has 0 radical (unpaired) electrons. The van der Waals surface area contributed by atoms with Crippen LogP contribution < -0.4 is 5.32 Å². The smallest absolute Gasteiger partial charge is 0.275 e. The molecule has 0 fully saturated rings. The Bertz CT molecular complexity index is 1010. The molecule has 0 saturated heterocycles. The summed E-state index contributed by atoms with van der Waals surface area (Å²) < 4.78 is 26.1. The second-order valence-electron chi connectivity index (χ2n) is 5.83. The maximum Gasteiger partial charge on any atom is 0.275 e. The molecule has 0 bridgehead atoms. The topological polar surface area (TPSA) is 123 Å². The van der Waals surface area contributed by atoms with Crippen LogP contribution in [-0.4, -0.2) is 42.1 Å². The van der Waals surface area contributed by atoms with Crippen LogP contribution in [0.5, 0.6) is 0 Å². The average molecular weight is 413 g/mol. The van der Waals surface area contributed by atoms with Crippen molar-refractivity contribution in [1.82, 2.24) is 9.29 Å². The summed E-state index contributed by atoms with van der Waals surface area (Å²) >= 11 is 5.93. The first kappa shape index (κ1) is 20.7. The van der Waals surface area contributed by atoms with E-state index in [0.717, 1.165) is 22.0 Å². The molecule has 1 aromatic carbocycles. The molecule has 0 aliphatic rings. The predicted molar refractivity (Wildman–Crippen MR) is 100 cm³/mol. The molecule has 1 heterocycles. The third-order valence-corrected chi connectivity index (χ3v) is 5.92. The summed E-state index contributed by atoms with van der Waals surface area (Å²) in [4.78, 5) is 26.1. The molecule has 9 nitrogen and oxygen atoms in total. The van der Waals surface area contributed by atoms with Crippen LogP contribution in [-0.2, 0) is 14.8 Å². The molecule has 11 heteroatoms. The van der Waals surface area contributed by atoms with E-state index in [-0.39, 0.29) is 15.5 Å². The van der Waals surface area contributed by atoms with Gasteiger partial charge in [-0.25, -0.2) is 13.4 Å². The number of halogens is 1. The molecule has 0 spiro atoms. The van der Waals surface area contributed by atoms with E-state index in [0.29, 0.717) is 5.82 Å². The van der Waals surface area contributed by atoms with Gasteiger partial charge in [0.2, 0.25) is 15.9 Å². The molecule has 2 aromatic rings. The van der Waals surface area contributed by atoms with E-state index >= 15 is 0 Å². The number of benzene rings is 1. The molecular formula is C16H17ClN4O5S. The van der Waals surface area contributed by atoms with Gasteiger partial charge in [0.15, 0.2) is 0 Å². The van der Waals surface area contributed by atoms with Gasteiger partial charge in [0.25, 0.3) is 5.69 Å². The Kier molecular flexibility index (Phi) is 6.14. The number of nitrogens with one attached hydrogen (secondary N) is 1. The third kappa shape index (κ3) is 4.79. The zero-order valence-electron chi connectivity index (χ0n) is 14.8. The fourth-order valence-corrected chi connectivity index (χ4v) is 3.69. The van der Waals surface area contributed by atoms with Gasteiger partial charge in [-0.3, -0.25) is 14.9 Å². The van der Waals surface area contributed by atoms with Crippen LogP contribution >= 0.6 is 11.6 Å². The quantitative estimate of drug-likeness (QED) is 0.574. The van der Waals surface area contributed by atoms with Crippen molar-refractivity contribution in [3.8, 4) is 0 Å². The monoisotopic (exact) mass is 412 g/mol. The van der Waals surface area contributed by atoms with E-state index in [4.69, 9.17) is 11.6 Å². The second kappa shape index (κ2) is 7.99. The maximum absolute atomic E-state index is 12.7. The Labute approximate surface area is 161 Å². The third-order valence-electron chi connectivity index (χ3n) is 3.74. The van der Waals surface area contributed by atoms with Gasteiger partial charge in [0.1, 0.15) is 5.82 Å². The lowest BCUT2D eigenvalue weighted by Crippen LogP contribution is -2.35. The van der Waals surface area contributed by atoms with Crippen LogP contribution in [0.25, 0.3) is 0 Å². The van der Waals surface area contributed by atoms with Crippen molar-refractivity contribution in [1.29, 1.82) is 0 Å². The number of aromatic nitrogens is 1. The number of rotatable bonds is 6. The minimum absolute atomic E-state index is 0.0513. The SMILES string of the molecule is Cc1ccnc(NC(=O)CN(C)S(=O)(=O)c2cc(Cl)c(C)c([N+](=O)[O-])c2)c1. The zero-order valence-corrected chi connectivity index (χ0v) is 16.3. The number of carbonyl (C=O) groups excluding carboxylic acids is 1. The van der Waals surface area contributed by atoms with Crippen molar-refractivity contribution in [2.45, 2.75) is 18.7 Å². The number of aryl methyl sites for hydroxylation is 1. The standard InChI is InChI=1S/C16H17ClN4O5S/c1-10-4-5-18-15(6-10)19-16(22)9-20(3)27(25,26)12-7-13(17)11(2)14(8-12)21(23)24/h4-8H,9H2,1-3H3,(H,18,19,22). The minimum atomic E-state index is -4.17. The highest BCUT2D eigenvalue weighted by atomic mass is 35.5. The zero-order chi connectivity index (χ0) is 20.4. The minimum Gasteiger partial charge on any atom is -0.310 e. The number of nitrogens with zero attached hydrogens (tertiary/aromatic N) is 3. The number of anilines is 1. The largest absolute Gasteiger partial charge is 0.310 e. The lowest BCUT2D eigenvalue weighted by atomic mass is 10.2. The molecule has 0 unspecified atom stereocenters. The summed E-state index contributed by atoms with van der Waals surface area (Å²) in [5, 5.41) is 13.5. The Morgan fingerprint density at radius 3 is 2.59 bits per heavy atom. The Morgan fingerprint density at radius 2 is 2.00 bits per heavy atom. The molecule has 0 saturated carbocycles. The van der Waals surface area contributed by atoms with Gasteiger partial charge in [-0.15, -0.1) is 0 Å². The number of sulfonamides is 1. The molecule has 0 atom stereocenters. The van der Waals surface area contributed by atoms with Crippen LogP contribution in [0.4, 0.5) is 11.5 Å². The lowest BCUT2D eigenvalue weighted by molar-refractivity contribution is -0.385. The molecule has 1 aromatic heterocycles. The highest BCUT2D eigenvalue weighted by Crippen LogP contribution is 2.30. The number of amides is 1. The van der Waals surface area contributed by atoms with Crippen LogP contribution in [0.1, 0.15) is 11.1 Å². The molecular weight excluding hydrogens is 396 g/mol. The van der Waals surface area contributed by atoms with Gasteiger partial charge in [-0.1, -0.05) is 11.6 Å². The first-order valence-electron chi connectivity index (χ1n) is 7.65. The van der Waals surface area contributed by atoms with Gasteiger partial charge in [0, 0.05) is 24.9 Å². The molecule has 1 N–H and O–H groups in total. The summed E-state index contributed by atoms with van der Waals surface area (Å²) in [5.74, 6) is -0.313.